The Morgan fingerprint density at radius 1 is 0.882 bits per heavy atom. The molecule has 1 saturated heterocycles. The average Bonchev–Trinajstić information content (AvgIpc) is 2.90. The van der Waals surface area contributed by atoms with Crippen LogP contribution in [0.15, 0.2) is 35.2 Å². The number of fused-ring (bicyclic) bond motifs is 1. The van der Waals surface area contributed by atoms with Gasteiger partial charge in [0.05, 0.1) is 16.1 Å². The van der Waals surface area contributed by atoms with E-state index in [0.29, 0.717) is 27.5 Å². The van der Waals surface area contributed by atoms with E-state index in [2.05, 4.69) is 41.5 Å². The van der Waals surface area contributed by atoms with Gasteiger partial charge in [0.2, 0.25) is 0 Å². The number of hydrogen-bond acceptors (Lipinski definition) is 5. The van der Waals surface area contributed by atoms with Crippen molar-refractivity contribution < 1.29 is 22.2 Å². The van der Waals surface area contributed by atoms with Gasteiger partial charge in [-0.05, 0) is 73.4 Å². The Labute approximate surface area is 207 Å². The summed E-state index contributed by atoms with van der Waals surface area (Å²) in [5, 5.41) is 1.45. The van der Waals surface area contributed by atoms with Crippen LogP contribution in [-0.4, -0.2) is 41.3 Å². The quantitative estimate of drug-likeness (QED) is 0.427. The molecule has 1 fully saturated rings. The normalized spacial score (nSPS) is 18.5. The smallest absolute Gasteiger partial charge is 0.495 e. The fourth-order valence-corrected chi connectivity index (χ4v) is 11.6. The average molecular weight is 505 g/mol. The summed E-state index contributed by atoms with van der Waals surface area (Å²) in [6.07, 6.45) is 1.24. The first-order valence-corrected chi connectivity index (χ1v) is 16.3. The number of benzene rings is 2. The zero-order valence-electron chi connectivity index (χ0n) is 22.6. The molecule has 0 bridgehead atoms. The van der Waals surface area contributed by atoms with Crippen LogP contribution >= 0.6 is 0 Å². The van der Waals surface area contributed by atoms with Gasteiger partial charge in [0.15, 0.2) is 9.84 Å². The molecule has 0 aromatic heterocycles. The molecular weight excluding hydrogens is 463 g/mol. The first kappa shape index (κ1) is 27.2. The molecule has 0 aliphatic carbocycles. The van der Waals surface area contributed by atoms with E-state index in [4.69, 9.17) is 13.7 Å². The largest absolute Gasteiger partial charge is 0.543 e. The van der Waals surface area contributed by atoms with E-state index < -0.39 is 36.5 Å². The molecule has 0 saturated carbocycles. The maximum Gasteiger partial charge on any atom is 0.495 e. The van der Waals surface area contributed by atoms with Gasteiger partial charge in [-0.25, -0.2) is 8.42 Å². The van der Waals surface area contributed by atoms with Gasteiger partial charge in [-0.2, -0.15) is 0 Å². The molecule has 0 N–H and O–H groups in total. The van der Waals surface area contributed by atoms with Crippen LogP contribution in [0, 0.1) is 0 Å². The summed E-state index contributed by atoms with van der Waals surface area (Å²) in [5.41, 5.74) is 0.828. The molecular formula is C26H41BO5SSi. The van der Waals surface area contributed by atoms with Crippen molar-refractivity contribution in [2.24, 2.45) is 0 Å². The van der Waals surface area contributed by atoms with Gasteiger partial charge in [-0.1, -0.05) is 53.7 Å². The predicted octanol–water partition coefficient (Wildman–Crippen LogP) is 6.10. The zero-order valence-corrected chi connectivity index (χ0v) is 24.5. The minimum Gasteiger partial charge on any atom is -0.543 e. The van der Waals surface area contributed by atoms with Crippen LogP contribution < -0.4 is 9.89 Å². The summed E-state index contributed by atoms with van der Waals surface area (Å²) in [6, 6.07) is 9.31. The van der Waals surface area contributed by atoms with Crippen molar-refractivity contribution in [3.05, 3.63) is 30.3 Å². The molecule has 34 heavy (non-hydrogen) atoms. The van der Waals surface area contributed by atoms with Crippen molar-refractivity contribution in [3.63, 3.8) is 0 Å². The third kappa shape index (κ3) is 4.59. The predicted molar refractivity (Wildman–Crippen MR) is 144 cm³/mol. The minimum atomic E-state index is -3.47. The molecule has 2 aromatic rings. The topological polar surface area (TPSA) is 61.8 Å². The van der Waals surface area contributed by atoms with Crippen molar-refractivity contribution in [2.45, 2.75) is 102 Å². The molecule has 1 heterocycles. The van der Waals surface area contributed by atoms with Gasteiger partial charge in [0, 0.05) is 11.6 Å². The highest BCUT2D eigenvalue weighted by Gasteiger charge is 2.53. The fraction of sp³-hybridized carbons (Fsp3) is 0.615. The molecule has 0 spiro atoms. The first-order valence-electron chi connectivity index (χ1n) is 12.3. The minimum absolute atomic E-state index is 0.279. The van der Waals surface area contributed by atoms with Crippen LogP contribution in [0.3, 0.4) is 0 Å². The van der Waals surface area contributed by atoms with Gasteiger partial charge >= 0.3 is 7.12 Å². The maximum atomic E-state index is 12.7. The van der Waals surface area contributed by atoms with Crippen LogP contribution in [0.4, 0.5) is 0 Å². The van der Waals surface area contributed by atoms with E-state index >= 15 is 0 Å². The lowest BCUT2D eigenvalue weighted by molar-refractivity contribution is 0.00578. The lowest BCUT2D eigenvalue weighted by atomic mass is 9.76. The summed E-state index contributed by atoms with van der Waals surface area (Å²) in [6.45, 7) is 21.5. The highest BCUT2D eigenvalue weighted by molar-refractivity contribution is 7.91. The third-order valence-electron chi connectivity index (χ3n) is 7.85. The van der Waals surface area contributed by atoms with Crippen LogP contribution in [0.2, 0.25) is 16.6 Å². The molecule has 8 heteroatoms. The monoisotopic (exact) mass is 504 g/mol. The SMILES string of the molecule is CC(C)[Si](Oc1cc(B2OC(C)(C)C(C)(C)O2)c2c(S(C)(=O)=O)cccc2c1)(C(C)C)C(C)C. The second-order valence-corrected chi connectivity index (χ2v) is 19.0. The second-order valence-electron chi connectivity index (χ2n) is 11.6. The highest BCUT2D eigenvalue weighted by atomic mass is 32.2. The summed E-state index contributed by atoms with van der Waals surface area (Å²) in [7, 11) is -6.40. The zero-order chi connectivity index (χ0) is 25.9. The van der Waals surface area contributed by atoms with Gasteiger partial charge in [-0.3, -0.25) is 0 Å². The second kappa shape index (κ2) is 8.95. The first-order chi connectivity index (χ1) is 15.4. The lowest BCUT2D eigenvalue weighted by Gasteiger charge is -2.42. The Morgan fingerprint density at radius 2 is 1.38 bits per heavy atom. The molecule has 1 aliphatic rings. The Hall–Kier alpha value is -1.35. The summed E-state index contributed by atoms with van der Waals surface area (Å²) < 4.78 is 45.3. The molecule has 2 aromatic carbocycles. The Bertz CT molecular complexity index is 1130. The molecule has 1 aliphatic heterocycles. The van der Waals surface area contributed by atoms with Crippen LogP contribution in [-0.2, 0) is 19.1 Å². The van der Waals surface area contributed by atoms with E-state index in [1.165, 1.54) is 6.26 Å². The summed E-state index contributed by atoms with van der Waals surface area (Å²) in [5.74, 6) is 0.755. The van der Waals surface area contributed by atoms with Crippen molar-refractivity contribution in [2.75, 3.05) is 6.26 Å². The van der Waals surface area contributed by atoms with E-state index in [1.54, 1.807) is 12.1 Å². The summed E-state index contributed by atoms with van der Waals surface area (Å²) >= 11 is 0. The Balaban J connectivity index is 2.31. The summed E-state index contributed by atoms with van der Waals surface area (Å²) in [4.78, 5) is 0.279. The number of sulfone groups is 1. The van der Waals surface area contributed by atoms with E-state index in [-0.39, 0.29) is 4.90 Å². The molecule has 5 nitrogen and oxygen atoms in total. The number of hydrogen-bond donors (Lipinski definition) is 0. The van der Waals surface area contributed by atoms with Crippen molar-refractivity contribution in [1.29, 1.82) is 0 Å². The van der Waals surface area contributed by atoms with Gasteiger partial charge in [0.25, 0.3) is 8.32 Å². The standard InChI is InChI=1S/C26H41BO5SSi/c1-17(2)34(18(3)4,19(5)6)30-21-15-20-13-12-14-23(33(11,28)29)24(20)22(16-21)27-31-25(7,8)26(9,10)32-27/h12-19H,1-11H3. The van der Waals surface area contributed by atoms with Crippen LogP contribution in [0.5, 0.6) is 5.75 Å². The number of rotatable bonds is 7. The van der Waals surface area contributed by atoms with Gasteiger partial charge in [0.1, 0.15) is 5.75 Å². The van der Waals surface area contributed by atoms with Crippen LogP contribution in [0.1, 0.15) is 69.2 Å². The van der Waals surface area contributed by atoms with E-state index in [9.17, 15) is 8.42 Å². The lowest BCUT2D eigenvalue weighted by Crippen LogP contribution is -2.51. The van der Waals surface area contributed by atoms with Gasteiger partial charge < -0.3 is 13.7 Å². The van der Waals surface area contributed by atoms with E-state index in [0.717, 1.165) is 11.1 Å². The third-order valence-corrected chi connectivity index (χ3v) is 15.0. The Kier molecular flexibility index (Phi) is 7.17. The molecule has 0 atom stereocenters. The van der Waals surface area contributed by atoms with Crippen molar-refractivity contribution in [3.8, 4) is 5.75 Å². The fourth-order valence-electron chi connectivity index (χ4n) is 5.48. The molecule has 188 valence electrons. The molecule has 0 amide bonds. The Morgan fingerprint density at radius 3 is 1.82 bits per heavy atom. The van der Waals surface area contributed by atoms with Crippen molar-refractivity contribution >= 4 is 41.5 Å². The van der Waals surface area contributed by atoms with Crippen molar-refractivity contribution in [1.82, 2.24) is 0 Å². The molecule has 0 unspecified atom stereocenters. The molecule has 0 radical (unpaired) electrons. The van der Waals surface area contributed by atoms with E-state index in [1.807, 2.05) is 45.9 Å². The van der Waals surface area contributed by atoms with Gasteiger partial charge in [-0.15, -0.1) is 0 Å². The van der Waals surface area contributed by atoms with Crippen LogP contribution in [0.25, 0.3) is 10.8 Å². The molecule has 3 rings (SSSR count). The maximum absolute atomic E-state index is 12.7. The highest BCUT2D eigenvalue weighted by Crippen LogP contribution is 2.44.